The van der Waals surface area contributed by atoms with Gasteiger partial charge >= 0.3 is 5.97 Å². The minimum absolute atomic E-state index is 0.101. The second-order valence-electron chi connectivity index (χ2n) is 3.97. The third-order valence-corrected chi connectivity index (χ3v) is 2.72. The van der Waals surface area contributed by atoms with E-state index in [0.29, 0.717) is 12.2 Å². The van der Waals surface area contributed by atoms with Crippen LogP contribution in [-0.4, -0.2) is 33.5 Å². The van der Waals surface area contributed by atoms with Crippen LogP contribution in [0.15, 0.2) is 42.7 Å². The Bertz CT molecular complexity index is 629. The van der Waals surface area contributed by atoms with E-state index < -0.39 is 5.97 Å². The Kier molecular flexibility index (Phi) is 4.05. The molecule has 1 N–H and O–H groups in total. The normalized spacial score (nSPS) is 10.1. The zero-order valence-corrected chi connectivity index (χ0v) is 10.9. The maximum atomic E-state index is 12.4. The van der Waals surface area contributed by atoms with Gasteiger partial charge in [0.25, 0.3) is 5.91 Å². The van der Waals surface area contributed by atoms with Crippen LogP contribution in [0.3, 0.4) is 0 Å². The summed E-state index contributed by atoms with van der Waals surface area (Å²) >= 11 is 0. The van der Waals surface area contributed by atoms with Gasteiger partial charge in [-0.1, -0.05) is 6.07 Å². The number of carboxylic acid groups (broad SMARTS) is 1. The first-order valence-corrected chi connectivity index (χ1v) is 6.05. The van der Waals surface area contributed by atoms with E-state index in [1.165, 1.54) is 23.1 Å². The van der Waals surface area contributed by atoms with Crippen LogP contribution in [0.25, 0.3) is 0 Å². The lowest BCUT2D eigenvalue weighted by atomic mass is 10.2. The van der Waals surface area contributed by atoms with Crippen LogP contribution < -0.4 is 4.90 Å². The smallest absolute Gasteiger partial charge is 0.354 e. The molecule has 0 aromatic carbocycles. The molecule has 0 aliphatic rings. The van der Waals surface area contributed by atoms with Gasteiger partial charge < -0.3 is 10.0 Å². The maximum absolute atomic E-state index is 12.4. The predicted molar refractivity (Wildman–Crippen MR) is 72.8 cm³/mol. The number of carboxylic acids is 1. The minimum atomic E-state index is -1.16. The third-order valence-electron chi connectivity index (χ3n) is 2.72. The first kappa shape index (κ1) is 13.7. The zero-order valence-electron chi connectivity index (χ0n) is 10.9. The van der Waals surface area contributed by atoms with Crippen LogP contribution in [0.5, 0.6) is 0 Å². The summed E-state index contributed by atoms with van der Waals surface area (Å²) in [6.07, 6.45) is 3.18. The summed E-state index contributed by atoms with van der Waals surface area (Å²) in [5.74, 6) is -1.51. The Morgan fingerprint density at radius 1 is 1.15 bits per heavy atom. The molecule has 0 bridgehead atoms. The summed E-state index contributed by atoms with van der Waals surface area (Å²) in [6.45, 7) is 2.28. The van der Waals surface area contributed by atoms with Gasteiger partial charge in [-0.2, -0.15) is 0 Å². The molecule has 20 heavy (non-hydrogen) atoms. The Morgan fingerprint density at radius 3 is 2.40 bits per heavy atom. The van der Waals surface area contributed by atoms with Gasteiger partial charge in [0.15, 0.2) is 0 Å². The highest BCUT2D eigenvalue weighted by Crippen LogP contribution is 2.15. The molecule has 2 heterocycles. The SMILES string of the molecule is CCN(C(=O)c1cccc(C(=O)O)n1)c1ccncc1. The molecule has 0 fully saturated rings. The van der Waals surface area contributed by atoms with Crippen molar-refractivity contribution < 1.29 is 14.7 Å². The summed E-state index contributed by atoms with van der Waals surface area (Å²) in [5, 5.41) is 8.91. The molecule has 2 rings (SSSR count). The molecule has 0 aliphatic heterocycles. The lowest BCUT2D eigenvalue weighted by molar-refractivity contribution is 0.0690. The zero-order chi connectivity index (χ0) is 14.5. The Balaban J connectivity index is 2.34. The molecular formula is C14H13N3O3. The number of aromatic carboxylic acids is 1. The number of rotatable bonds is 4. The first-order chi connectivity index (χ1) is 9.63. The molecule has 0 unspecified atom stereocenters. The molecular weight excluding hydrogens is 258 g/mol. The predicted octanol–water partition coefficient (Wildman–Crippen LogP) is 1.84. The number of nitrogens with zero attached hydrogens (tertiary/aromatic N) is 3. The highest BCUT2D eigenvalue weighted by Gasteiger charge is 2.18. The molecule has 0 aliphatic carbocycles. The molecule has 0 saturated heterocycles. The lowest BCUT2D eigenvalue weighted by Crippen LogP contribution is -2.31. The van der Waals surface area contributed by atoms with E-state index in [0.717, 1.165) is 0 Å². The number of amides is 1. The van der Waals surface area contributed by atoms with Gasteiger partial charge in [0, 0.05) is 24.6 Å². The van der Waals surface area contributed by atoms with Gasteiger partial charge in [-0.05, 0) is 31.2 Å². The molecule has 0 atom stereocenters. The van der Waals surface area contributed by atoms with Gasteiger partial charge in [0.05, 0.1) is 0 Å². The highest BCUT2D eigenvalue weighted by molar-refractivity contribution is 6.05. The van der Waals surface area contributed by atoms with Crippen LogP contribution in [-0.2, 0) is 0 Å². The van der Waals surface area contributed by atoms with Crippen LogP contribution in [0.1, 0.15) is 27.9 Å². The number of carbonyl (C=O) groups excluding carboxylic acids is 1. The van der Waals surface area contributed by atoms with Gasteiger partial charge in [-0.3, -0.25) is 9.78 Å². The van der Waals surface area contributed by atoms with Crippen LogP contribution in [0, 0.1) is 0 Å². The topological polar surface area (TPSA) is 83.4 Å². The van der Waals surface area contributed by atoms with E-state index >= 15 is 0 Å². The fraction of sp³-hybridized carbons (Fsp3) is 0.143. The molecule has 2 aromatic rings. The summed E-state index contributed by atoms with van der Waals surface area (Å²) in [6, 6.07) is 7.77. The van der Waals surface area contributed by atoms with Gasteiger partial charge in [0.1, 0.15) is 11.4 Å². The molecule has 2 aromatic heterocycles. The highest BCUT2D eigenvalue weighted by atomic mass is 16.4. The van der Waals surface area contributed by atoms with Crippen molar-refractivity contribution in [2.24, 2.45) is 0 Å². The van der Waals surface area contributed by atoms with Crippen LogP contribution in [0.4, 0.5) is 5.69 Å². The number of pyridine rings is 2. The fourth-order valence-electron chi connectivity index (χ4n) is 1.78. The van der Waals surface area contributed by atoms with Crippen LogP contribution >= 0.6 is 0 Å². The standard InChI is InChI=1S/C14H13N3O3/c1-2-17(10-6-8-15-9-7-10)13(18)11-4-3-5-12(16-11)14(19)20/h3-9H,2H2,1H3,(H,19,20). The van der Waals surface area contributed by atoms with Crippen molar-refractivity contribution in [3.05, 3.63) is 54.1 Å². The monoisotopic (exact) mass is 271 g/mol. The Morgan fingerprint density at radius 2 is 1.80 bits per heavy atom. The van der Waals surface area contributed by atoms with Crippen molar-refractivity contribution in [1.82, 2.24) is 9.97 Å². The largest absolute Gasteiger partial charge is 0.477 e. The minimum Gasteiger partial charge on any atom is -0.477 e. The van der Waals surface area contributed by atoms with Crippen molar-refractivity contribution in [2.45, 2.75) is 6.92 Å². The van der Waals surface area contributed by atoms with E-state index in [4.69, 9.17) is 5.11 Å². The summed E-state index contributed by atoms with van der Waals surface area (Å²) in [4.78, 5) is 32.6. The molecule has 0 radical (unpaired) electrons. The quantitative estimate of drug-likeness (QED) is 0.917. The molecule has 6 heteroatoms. The third kappa shape index (κ3) is 2.80. The molecule has 102 valence electrons. The fourth-order valence-corrected chi connectivity index (χ4v) is 1.78. The summed E-state index contributed by atoms with van der Waals surface area (Å²) in [5.41, 5.74) is 0.639. The number of carbonyl (C=O) groups is 2. The van der Waals surface area contributed by atoms with Gasteiger partial charge in [-0.25, -0.2) is 9.78 Å². The summed E-state index contributed by atoms with van der Waals surface area (Å²) < 4.78 is 0. The lowest BCUT2D eigenvalue weighted by Gasteiger charge is -2.20. The average molecular weight is 271 g/mol. The Labute approximate surface area is 115 Å². The van der Waals surface area contributed by atoms with Crippen molar-refractivity contribution in [3.8, 4) is 0 Å². The van der Waals surface area contributed by atoms with E-state index in [-0.39, 0.29) is 17.3 Å². The van der Waals surface area contributed by atoms with E-state index in [2.05, 4.69) is 9.97 Å². The van der Waals surface area contributed by atoms with E-state index in [1.54, 1.807) is 24.5 Å². The first-order valence-electron chi connectivity index (χ1n) is 6.05. The van der Waals surface area contributed by atoms with E-state index in [9.17, 15) is 9.59 Å². The van der Waals surface area contributed by atoms with Crippen molar-refractivity contribution >= 4 is 17.6 Å². The molecule has 6 nitrogen and oxygen atoms in total. The van der Waals surface area contributed by atoms with Gasteiger partial charge in [-0.15, -0.1) is 0 Å². The number of hydrogen-bond acceptors (Lipinski definition) is 4. The van der Waals surface area contributed by atoms with Crippen molar-refractivity contribution in [3.63, 3.8) is 0 Å². The molecule has 0 spiro atoms. The van der Waals surface area contributed by atoms with Crippen molar-refractivity contribution in [1.29, 1.82) is 0 Å². The molecule has 0 saturated carbocycles. The number of hydrogen-bond donors (Lipinski definition) is 1. The van der Waals surface area contributed by atoms with Crippen LogP contribution in [0.2, 0.25) is 0 Å². The molecule has 1 amide bonds. The Hall–Kier alpha value is -2.76. The van der Waals surface area contributed by atoms with E-state index in [1.807, 2.05) is 6.92 Å². The van der Waals surface area contributed by atoms with Gasteiger partial charge in [0.2, 0.25) is 0 Å². The van der Waals surface area contributed by atoms with Crippen molar-refractivity contribution in [2.75, 3.05) is 11.4 Å². The summed E-state index contributed by atoms with van der Waals surface area (Å²) in [7, 11) is 0. The second kappa shape index (κ2) is 5.92. The number of aromatic nitrogens is 2. The maximum Gasteiger partial charge on any atom is 0.354 e. The average Bonchev–Trinajstić information content (AvgIpc) is 2.49. The second-order valence-corrected chi connectivity index (χ2v) is 3.97. The number of anilines is 1.